The lowest BCUT2D eigenvalue weighted by Gasteiger charge is -2.10. The number of nitrogens with zero attached hydrogens (tertiary/aromatic N) is 4. The SMILES string of the molecule is CN(C)c1ccc(C(=O)c2cncn2C)cn1. The van der Waals surface area contributed by atoms with E-state index >= 15 is 0 Å². The standard InChI is InChI=1S/C12H14N4O/c1-15(2)11-5-4-9(6-14-11)12(17)10-7-13-8-16(10)3/h4-8H,1-3H3. The summed E-state index contributed by atoms with van der Waals surface area (Å²) in [4.78, 5) is 22.1. The summed E-state index contributed by atoms with van der Waals surface area (Å²) in [7, 11) is 5.61. The molecule has 0 saturated heterocycles. The van der Waals surface area contributed by atoms with Gasteiger partial charge in [0.25, 0.3) is 0 Å². The number of ketones is 1. The van der Waals surface area contributed by atoms with Gasteiger partial charge in [0.1, 0.15) is 11.5 Å². The highest BCUT2D eigenvalue weighted by Crippen LogP contribution is 2.11. The molecule has 0 aliphatic carbocycles. The molecule has 0 amide bonds. The van der Waals surface area contributed by atoms with E-state index in [4.69, 9.17) is 0 Å². The smallest absolute Gasteiger partial charge is 0.212 e. The van der Waals surface area contributed by atoms with Crippen LogP contribution in [-0.2, 0) is 7.05 Å². The zero-order valence-corrected chi connectivity index (χ0v) is 10.1. The zero-order valence-electron chi connectivity index (χ0n) is 10.1. The van der Waals surface area contributed by atoms with Gasteiger partial charge in [-0.15, -0.1) is 0 Å². The average Bonchev–Trinajstić information content (AvgIpc) is 2.74. The number of imidazole rings is 1. The molecule has 2 aromatic rings. The summed E-state index contributed by atoms with van der Waals surface area (Å²) >= 11 is 0. The Morgan fingerprint density at radius 3 is 2.53 bits per heavy atom. The summed E-state index contributed by atoms with van der Waals surface area (Å²) in [5.74, 6) is 0.759. The molecule has 0 atom stereocenters. The van der Waals surface area contributed by atoms with Gasteiger partial charge in [0.2, 0.25) is 5.78 Å². The van der Waals surface area contributed by atoms with Crippen LogP contribution in [0.25, 0.3) is 0 Å². The van der Waals surface area contributed by atoms with Crippen LogP contribution in [0.1, 0.15) is 16.1 Å². The van der Waals surface area contributed by atoms with Crippen molar-refractivity contribution < 1.29 is 4.79 Å². The number of pyridine rings is 1. The number of carbonyl (C=O) groups is 1. The summed E-state index contributed by atoms with van der Waals surface area (Å²) in [6.45, 7) is 0. The molecule has 88 valence electrons. The molecule has 0 fully saturated rings. The fourth-order valence-corrected chi connectivity index (χ4v) is 1.51. The molecule has 2 rings (SSSR count). The highest BCUT2D eigenvalue weighted by Gasteiger charge is 2.13. The lowest BCUT2D eigenvalue weighted by Crippen LogP contribution is -2.12. The molecular weight excluding hydrogens is 216 g/mol. The third-order valence-corrected chi connectivity index (χ3v) is 2.52. The monoisotopic (exact) mass is 230 g/mol. The Morgan fingerprint density at radius 1 is 1.29 bits per heavy atom. The molecule has 2 aromatic heterocycles. The number of aryl methyl sites for hydroxylation is 1. The van der Waals surface area contributed by atoms with Crippen molar-refractivity contribution in [2.24, 2.45) is 7.05 Å². The van der Waals surface area contributed by atoms with Gasteiger partial charge in [0, 0.05) is 32.9 Å². The van der Waals surface area contributed by atoms with E-state index in [1.807, 2.05) is 25.1 Å². The molecule has 0 bridgehead atoms. The molecule has 0 N–H and O–H groups in total. The maximum absolute atomic E-state index is 12.1. The van der Waals surface area contributed by atoms with E-state index in [1.54, 1.807) is 36.4 Å². The van der Waals surface area contributed by atoms with Crippen molar-refractivity contribution in [3.05, 3.63) is 42.1 Å². The largest absolute Gasteiger partial charge is 0.363 e. The Kier molecular flexibility index (Phi) is 2.91. The molecule has 0 radical (unpaired) electrons. The summed E-state index contributed by atoms with van der Waals surface area (Å²) in [6.07, 6.45) is 4.75. The van der Waals surface area contributed by atoms with Crippen molar-refractivity contribution in [3.8, 4) is 0 Å². The molecule has 0 aromatic carbocycles. The molecule has 5 heteroatoms. The van der Waals surface area contributed by atoms with Crippen LogP contribution in [0, 0.1) is 0 Å². The Labute approximate surface area is 99.7 Å². The molecule has 0 aliphatic heterocycles. The van der Waals surface area contributed by atoms with Gasteiger partial charge < -0.3 is 9.47 Å². The van der Waals surface area contributed by atoms with E-state index < -0.39 is 0 Å². The Balaban J connectivity index is 2.29. The quantitative estimate of drug-likeness (QED) is 0.741. The van der Waals surface area contributed by atoms with Crippen LogP contribution in [0.2, 0.25) is 0 Å². The van der Waals surface area contributed by atoms with Gasteiger partial charge in [-0.05, 0) is 12.1 Å². The maximum atomic E-state index is 12.1. The second-order valence-electron chi connectivity index (χ2n) is 4.02. The van der Waals surface area contributed by atoms with E-state index in [2.05, 4.69) is 9.97 Å². The van der Waals surface area contributed by atoms with Gasteiger partial charge in [0.05, 0.1) is 12.5 Å². The topological polar surface area (TPSA) is 51.0 Å². The molecule has 17 heavy (non-hydrogen) atoms. The zero-order chi connectivity index (χ0) is 12.4. The van der Waals surface area contributed by atoms with Crippen molar-refractivity contribution in [1.82, 2.24) is 14.5 Å². The molecule has 0 saturated carbocycles. The van der Waals surface area contributed by atoms with Gasteiger partial charge in [-0.25, -0.2) is 9.97 Å². The van der Waals surface area contributed by atoms with Gasteiger partial charge in [-0.2, -0.15) is 0 Å². The van der Waals surface area contributed by atoms with Gasteiger partial charge in [-0.3, -0.25) is 4.79 Å². The summed E-state index contributed by atoms with van der Waals surface area (Å²) in [5.41, 5.74) is 1.13. The third kappa shape index (κ3) is 2.18. The van der Waals surface area contributed by atoms with Crippen molar-refractivity contribution in [1.29, 1.82) is 0 Å². The lowest BCUT2D eigenvalue weighted by atomic mass is 10.1. The first-order chi connectivity index (χ1) is 8.09. The average molecular weight is 230 g/mol. The molecule has 0 unspecified atom stereocenters. The summed E-state index contributed by atoms with van der Waals surface area (Å²) in [5, 5.41) is 0. The van der Waals surface area contributed by atoms with Crippen LogP contribution in [0.3, 0.4) is 0 Å². The minimum atomic E-state index is -0.0668. The first kappa shape index (κ1) is 11.3. The van der Waals surface area contributed by atoms with Crippen molar-refractivity contribution in [2.45, 2.75) is 0 Å². The predicted molar refractivity (Wildman–Crippen MR) is 65.2 cm³/mol. The fourth-order valence-electron chi connectivity index (χ4n) is 1.51. The normalized spacial score (nSPS) is 10.3. The number of hydrogen-bond acceptors (Lipinski definition) is 4. The van der Waals surface area contributed by atoms with Crippen LogP contribution in [0.5, 0.6) is 0 Å². The number of aromatic nitrogens is 3. The molecule has 0 aliphatic rings. The second-order valence-corrected chi connectivity index (χ2v) is 4.02. The highest BCUT2D eigenvalue weighted by atomic mass is 16.1. The Hall–Kier alpha value is -2.17. The van der Waals surface area contributed by atoms with Crippen LogP contribution in [-0.4, -0.2) is 34.4 Å². The summed E-state index contributed by atoms with van der Waals surface area (Å²) in [6, 6.07) is 3.60. The van der Waals surface area contributed by atoms with Crippen molar-refractivity contribution in [2.75, 3.05) is 19.0 Å². The van der Waals surface area contributed by atoms with Crippen LogP contribution in [0.4, 0.5) is 5.82 Å². The van der Waals surface area contributed by atoms with E-state index in [0.29, 0.717) is 11.3 Å². The molecule has 0 spiro atoms. The number of carbonyl (C=O) groups excluding carboxylic acids is 1. The van der Waals surface area contributed by atoms with E-state index in [9.17, 15) is 4.79 Å². The Bertz CT molecular complexity index is 528. The molecule has 5 nitrogen and oxygen atoms in total. The van der Waals surface area contributed by atoms with E-state index in [-0.39, 0.29) is 5.78 Å². The van der Waals surface area contributed by atoms with E-state index in [1.165, 1.54) is 0 Å². The number of hydrogen-bond donors (Lipinski definition) is 0. The van der Waals surface area contributed by atoms with Crippen molar-refractivity contribution >= 4 is 11.6 Å². The molecular formula is C12H14N4O. The lowest BCUT2D eigenvalue weighted by molar-refractivity contribution is 0.103. The van der Waals surface area contributed by atoms with Crippen LogP contribution in [0.15, 0.2) is 30.9 Å². The number of rotatable bonds is 3. The van der Waals surface area contributed by atoms with Crippen LogP contribution >= 0.6 is 0 Å². The number of anilines is 1. The highest BCUT2D eigenvalue weighted by molar-refractivity contribution is 6.07. The third-order valence-electron chi connectivity index (χ3n) is 2.52. The maximum Gasteiger partial charge on any atom is 0.212 e. The fraction of sp³-hybridized carbons (Fsp3) is 0.250. The minimum Gasteiger partial charge on any atom is -0.363 e. The second kappa shape index (κ2) is 4.37. The molecule has 2 heterocycles. The van der Waals surface area contributed by atoms with E-state index in [0.717, 1.165) is 5.82 Å². The van der Waals surface area contributed by atoms with Crippen LogP contribution < -0.4 is 4.90 Å². The Morgan fingerprint density at radius 2 is 2.06 bits per heavy atom. The predicted octanol–water partition coefficient (Wildman–Crippen LogP) is 1.11. The van der Waals surface area contributed by atoms with Gasteiger partial charge in [-0.1, -0.05) is 0 Å². The minimum absolute atomic E-state index is 0.0668. The first-order valence-electron chi connectivity index (χ1n) is 5.24. The van der Waals surface area contributed by atoms with Gasteiger partial charge in [0.15, 0.2) is 0 Å². The van der Waals surface area contributed by atoms with Crippen molar-refractivity contribution in [3.63, 3.8) is 0 Å². The van der Waals surface area contributed by atoms with Gasteiger partial charge >= 0.3 is 0 Å². The first-order valence-corrected chi connectivity index (χ1v) is 5.24. The summed E-state index contributed by atoms with van der Waals surface area (Å²) < 4.78 is 1.70.